The largest absolute Gasteiger partial charge is 0.347 e. The number of hydrogen-bond acceptors (Lipinski definition) is 4. The van der Waals surface area contributed by atoms with E-state index in [9.17, 15) is 4.79 Å². The molecule has 1 fully saturated rings. The highest BCUT2D eigenvalue weighted by atomic mass is 16.2. The van der Waals surface area contributed by atoms with E-state index >= 15 is 0 Å². The summed E-state index contributed by atoms with van der Waals surface area (Å²) in [5.41, 5.74) is 0.688. The van der Waals surface area contributed by atoms with E-state index in [0.717, 1.165) is 25.5 Å². The average Bonchev–Trinajstić information content (AvgIpc) is 3.08. The first-order valence-corrected chi connectivity index (χ1v) is 7.22. The summed E-state index contributed by atoms with van der Waals surface area (Å²) in [5, 5.41) is 0. The zero-order valence-electron chi connectivity index (χ0n) is 12.1. The molecule has 0 aromatic carbocycles. The van der Waals surface area contributed by atoms with Crippen LogP contribution < -0.4 is 0 Å². The molecule has 21 heavy (non-hydrogen) atoms. The number of likely N-dealkylation sites (N-methyl/N-ethyl adjacent to an activating group) is 1. The molecule has 1 atom stereocenters. The Morgan fingerprint density at radius 1 is 1.33 bits per heavy atom. The Labute approximate surface area is 123 Å². The van der Waals surface area contributed by atoms with E-state index in [0.29, 0.717) is 12.1 Å². The van der Waals surface area contributed by atoms with Crippen LogP contribution in [-0.4, -0.2) is 56.8 Å². The van der Waals surface area contributed by atoms with Gasteiger partial charge in [-0.1, -0.05) is 6.92 Å². The zero-order valence-corrected chi connectivity index (χ0v) is 12.1. The molecule has 6 nitrogen and oxygen atoms in total. The van der Waals surface area contributed by atoms with Gasteiger partial charge in [-0.15, -0.1) is 0 Å². The summed E-state index contributed by atoms with van der Waals surface area (Å²) in [6.07, 6.45) is 6.89. The summed E-state index contributed by atoms with van der Waals surface area (Å²) in [6.45, 7) is 5.34. The van der Waals surface area contributed by atoms with Gasteiger partial charge >= 0.3 is 0 Å². The molecular weight excluding hydrogens is 266 g/mol. The second-order valence-electron chi connectivity index (χ2n) is 5.11. The summed E-state index contributed by atoms with van der Waals surface area (Å²) in [4.78, 5) is 28.3. The van der Waals surface area contributed by atoms with Crippen molar-refractivity contribution in [1.82, 2.24) is 24.8 Å². The number of H-pyrrole nitrogens is 1. The number of pyridine rings is 1. The third kappa shape index (κ3) is 2.80. The highest BCUT2D eigenvalue weighted by Crippen LogP contribution is 2.23. The van der Waals surface area contributed by atoms with Crippen molar-refractivity contribution in [3.63, 3.8) is 0 Å². The molecule has 3 heterocycles. The third-order valence-electron chi connectivity index (χ3n) is 3.95. The number of aromatic nitrogens is 3. The van der Waals surface area contributed by atoms with Crippen LogP contribution in [0.4, 0.5) is 0 Å². The topological polar surface area (TPSA) is 65.1 Å². The number of amides is 1. The number of aromatic amines is 1. The molecule has 0 aliphatic carbocycles. The van der Waals surface area contributed by atoms with Gasteiger partial charge in [0.05, 0.1) is 6.04 Å². The first-order valence-electron chi connectivity index (χ1n) is 7.22. The van der Waals surface area contributed by atoms with Gasteiger partial charge in [-0.25, -0.2) is 4.98 Å². The predicted molar refractivity (Wildman–Crippen MR) is 78.7 cm³/mol. The molecule has 0 saturated carbocycles. The summed E-state index contributed by atoms with van der Waals surface area (Å²) < 4.78 is 0. The maximum atomic E-state index is 12.6. The Hall–Kier alpha value is -2.21. The minimum Gasteiger partial charge on any atom is -0.347 e. The van der Waals surface area contributed by atoms with Crippen molar-refractivity contribution in [2.75, 3.05) is 26.2 Å². The van der Waals surface area contributed by atoms with Gasteiger partial charge in [-0.2, -0.15) is 0 Å². The van der Waals surface area contributed by atoms with E-state index in [1.165, 1.54) is 0 Å². The van der Waals surface area contributed by atoms with Crippen molar-refractivity contribution in [2.24, 2.45) is 0 Å². The van der Waals surface area contributed by atoms with Gasteiger partial charge in [0.1, 0.15) is 5.82 Å². The normalized spacial score (nSPS) is 19.7. The van der Waals surface area contributed by atoms with Gasteiger partial charge in [0.15, 0.2) is 0 Å². The molecule has 2 aromatic heterocycles. The number of carbonyl (C=O) groups is 1. The molecule has 0 spiro atoms. The first-order chi connectivity index (χ1) is 10.3. The molecular formula is C15H19N5O. The minimum atomic E-state index is 0.0599. The molecule has 1 saturated heterocycles. The zero-order chi connectivity index (χ0) is 14.7. The van der Waals surface area contributed by atoms with Crippen molar-refractivity contribution in [3.05, 3.63) is 48.3 Å². The molecule has 1 N–H and O–H groups in total. The van der Waals surface area contributed by atoms with E-state index in [4.69, 9.17) is 0 Å². The van der Waals surface area contributed by atoms with Crippen LogP contribution in [0.15, 0.2) is 36.9 Å². The Morgan fingerprint density at radius 2 is 2.14 bits per heavy atom. The van der Waals surface area contributed by atoms with Crippen LogP contribution in [0.2, 0.25) is 0 Å². The lowest BCUT2D eigenvalue weighted by atomic mass is 10.1. The van der Waals surface area contributed by atoms with Crippen LogP contribution in [0.25, 0.3) is 0 Å². The molecule has 1 aliphatic heterocycles. The van der Waals surface area contributed by atoms with Crippen LogP contribution >= 0.6 is 0 Å². The van der Waals surface area contributed by atoms with Gasteiger partial charge < -0.3 is 9.88 Å². The van der Waals surface area contributed by atoms with Gasteiger partial charge in [-0.3, -0.25) is 14.7 Å². The number of hydrogen-bond donors (Lipinski definition) is 1. The van der Waals surface area contributed by atoms with Gasteiger partial charge in [0.2, 0.25) is 0 Å². The average molecular weight is 285 g/mol. The van der Waals surface area contributed by atoms with E-state index in [1.54, 1.807) is 30.7 Å². The van der Waals surface area contributed by atoms with Crippen LogP contribution in [0.3, 0.4) is 0 Å². The second-order valence-corrected chi connectivity index (χ2v) is 5.11. The van der Waals surface area contributed by atoms with E-state index in [-0.39, 0.29) is 11.9 Å². The Bertz CT molecular complexity index is 583. The van der Waals surface area contributed by atoms with Crippen molar-refractivity contribution in [2.45, 2.75) is 13.0 Å². The van der Waals surface area contributed by atoms with Crippen LogP contribution in [0, 0.1) is 0 Å². The molecule has 1 amide bonds. The monoisotopic (exact) mass is 285 g/mol. The van der Waals surface area contributed by atoms with Crippen molar-refractivity contribution >= 4 is 5.91 Å². The Kier molecular flexibility index (Phi) is 3.96. The third-order valence-corrected chi connectivity index (χ3v) is 3.95. The fourth-order valence-electron chi connectivity index (χ4n) is 2.78. The SMILES string of the molecule is CCN1CCN(C(=O)c2ccncc2)C[C@H]1c1ncc[nH]1. The molecule has 0 radical (unpaired) electrons. The van der Waals surface area contributed by atoms with Crippen LogP contribution in [0.5, 0.6) is 0 Å². The molecule has 2 aromatic rings. The molecule has 6 heteroatoms. The van der Waals surface area contributed by atoms with Gasteiger partial charge in [-0.05, 0) is 18.7 Å². The smallest absolute Gasteiger partial charge is 0.254 e. The lowest BCUT2D eigenvalue weighted by molar-refractivity contribution is 0.0480. The molecule has 0 unspecified atom stereocenters. The highest BCUT2D eigenvalue weighted by molar-refractivity contribution is 5.94. The van der Waals surface area contributed by atoms with Gasteiger partial charge in [0, 0.05) is 50.0 Å². The van der Waals surface area contributed by atoms with Crippen molar-refractivity contribution in [1.29, 1.82) is 0 Å². The van der Waals surface area contributed by atoms with E-state index in [1.807, 2.05) is 11.1 Å². The van der Waals surface area contributed by atoms with Gasteiger partial charge in [0.25, 0.3) is 5.91 Å². The maximum absolute atomic E-state index is 12.6. The summed E-state index contributed by atoms with van der Waals surface area (Å²) >= 11 is 0. The van der Waals surface area contributed by atoms with Crippen molar-refractivity contribution < 1.29 is 4.79 Å². The lowest BCUT2D eigenvalue weighted by Gasteiger charge is -2.40. The predicted octanol–water partition coefficient (Wildman–Crippen LogP) is 1.32. The van der Waals surface area contributed by atoms with Crippen LogP contribution in [-0.2, 0) is 0 Å². The number of rotatable bonds is 3. The van der Waals surface area contributed by atoms with Crippen molar-refractivity contribution in [3.8, 4) is 0 Å². The highest BCUT2D eigenvalue weighted by Gasteiger charge is 2.31. The summed E-state index contributed by atoms with van der Waals surface area (Å²) in [5.74, 6) is 0.980. The second kappa shape index (κ2) is 6.05. The molecule has 110 valence electrons. The number of piperazine rings is 1. The number of nitrogens with zero attached hydrogens (tertiary/aromatic N) is 4. The molecule has 0 bridgehead atoms. The molecule has 3 rings (SSSR count). The van der Waals surface area contributed by atoms with E-state index < -0.39 is 0 Å². The summed E-state index contributed by atoms with van der Waals surface area (Å²) in [6, 6.07) is 3.65. The maximum Gasteiger partial charge on any atom is 0.254 e. The number of imidazole rings is 1. The molecule has 1 aliphatic rings. The number of nitrogens with one attached hydrogen (secondary N) is 1. The Morgan fingerprint density at radius 3 is 2.81 bits per heavy atom. The summed E-state index contributed by atoms with van der Waals surface area (Å²) in [7, 11) is 0. The number of carbonyl (C=O) groups excluding carboxylic acids is 1. The Balaban J connectivity index is 1.78. The lowest BCUT2D eigenvalue weighted by Crippen LogP contribution is -2.50. The fraction of sp³-hybridized carbons (Fsp3) is 0.400. The first kappa shape index (κ1) is 13.8. The fourth-order valence-corrected chi connectivity index (χ4v) is 2.78. The minimum absolute atomic E-state index is 0.0599. The quantitative estimate of drug-likeness (QED) is 0.924. The standard InChI is InChI=1S/C15H19N5O/c1-2-19-9-10-20(11-13(19)14-17-7-8-18-14)15(21)12-3-5-16-6-4-12/h3-8,13H,2,9-11H2,1H3,(H,17,18)/t13-/m0/s1. The van der Waals surface area contributed by atoms with E-state index in [2.05, 4.69) is 26.8 Å². The van der Waals surface area contributed by atoms with Crippen LogP contribution in [0.1, 0.15) is 29.1 Å².